The number of anilines is 1. The highest BCUT2D eigenvalue weighted by Crippen LogP contribution is 2.31. The molecular weight excluding hydrogens is 359 g/mol. The SMILES string of the molecule is CN1CCN([C@H]2CCN(c3ncc(Cl)cc3F)C[C@H]2CCC(=O)O)CC1. The fraction of sp³-hybridized carbons (Fsp3) is 0.667. The van der Waals surface area contributed by atoms with Gasteiger partial charge in [-0.15, -0.1) is 0 Å². The zero-order valence-corrected chi connectivity index (χ0v) is 15.8. The Morgan fingerprint density at radius 3 is 2.73 bits per heavy atom. The van der Waals surface area contributed by atoms with Gasteiger partial charge in [0.25, 0.3) is 0 Å². The summed E-state index contributed by atoms with van der Waals surface area (Å²) in [7, 11) is 2.12. The molecular formula is C18H26ClFN4O2. The molecule has 0 bridgehead atoms. The van der Waals surface area contributed by atoms with Crippen molar-refractivity contribution in [3.63, 3.8) is 0 Å². The molecule has 6 nitrogen and oxygen atoms in total. The lowest BCUT2D eigenvalue weighted by Crippen LogP contribution is -2.56. The quantitative estimate of drug-likeness (QED) is 0.839. The Morgan fingerprint density at radius 1 is 1.35 bits per heavy atom. The molecule has 2 saturated heterocycles. The third-order valence-electron chi connectivity index (χ3n) is 5.52. The molecule has 1 aromatic rings. The Morgan fingerprint density at radius 2 is 2.08 bits per heavy atom. The van der Waals surface area contributed by atoms with Crippen molar-refractivity contribution in [1.29, 1.82) is 0 Å². The number of hydrogen-bond donors (Lipinski definition) is 1. The predicted molar refractivity (Wildman–Crippen MR) is 99.3 cm³/mol. The van der Waals surface area contributed by atoms with E-state index in [-0.39, 0.29) is 17.4 Å². The number of likely N-dealkylation sites (N-methyl/N-ethyl adjacent to an activating group) is 1. The van der Waals surface area contributed by atoms with E-state index >= 15 is 0 Å². The Kier molecular flexibility index (Phi) is 6.32. The lowest BCUT2D eigenvalue weighted by Gasteiger charge is -2.46. The van der Waals surface area contributed by atoms with Crippen LogP contribution < -0.4 is 4.90 Å². The van der Waals surface area contributed by atoms with Crippen molar-refractivity contribution in [3.05, 3.63) is 23.1 Å². The number of halogens is 2. The first-order chi connectivity index (χ1) is 12.4. The number of aliphatic carboxylic acids is 1. The molecule has 0 amide bonds. The average Bonchev–Trinajstić information content (AvgIpc) is 2.60. The topological polar surface area (TPSA) is 59.9 Å². The summed E-state index contributed by atoms with van der Waals surface area (Å²) in [6.07, 6.45) is 3.08. The molecule has 0 saturated carbocycles. The van der Waals surface area contributed by atoms with Gasteiger partial charge in [-0.05, 0) is 31.9 Å². The molecule has 0 spiro atoms. The zero-order valence-electron chi connectivity index (χ0n) is 15.1. The Bertz CT molecular complexity index is 640. The van der Waals surface area contributed by atoms with E-state index in [0.717, 1.165) is 32.6 Å². The highest BCUT2D eigenvalue weighted by atomic mass is 35.5. The molecule has 0 unspecified atom stereocenters. The van der Waals surface area contributed by atoms with Gasteiger partial charge < -0.3 is 14.9 Å². The molecule has 1 aromatic heterocycles. The monoisotopic (exact) mass is 384 g/mol. The number of piperazine rings is 1. The number of aromatic nitrogens is 1. The summed E-state index contributed by atoms with van der Waals surface area (Å²) in [5.74, 6) is -0.714. The second-order valence-electron chi connectivity index (χ2n) is 7.29. The smallest absolute Gasteiger partial charge is 0.303 e. The molecule has 2 atom stereocenters. The van der Waals surface area contributed by atoms with E-state index < -0.39 is 11.8 Å². The molecule has 0 radical (unpaired) electrons. The van der Waals surface area contributed by atoms with Crippen LogP contribution in [-0.4, -0.2) is 78.2 Å². The largest absolute Gasteiger partial charge is 0.481 e. The van der Waals surface area contributed by atoms with Gasteiger partial charge in [0.05, 0.1) is 5.02 Å². The van der Waals surface area contributed by atoms with E-state index in [9.17, 15) is 9.18 Å². The second kappa shape index (κ2) is 8.50. The molecule has 0 aromatic carbocycles. The molecule has 1 N–H and O–H groups in total. The minimum absolute atomic E-state index is 0.138. The van der Waals surface area contributed by atoms with Crippen LogP contribution in [0.1, 0.15) is 19.3 Å². The van der Waals surface area contributed by atoms with Crippen molar-refractivity contribution in [1.82, 2.24) is 14.8 Å². The number of carboxylic acids is 1. The van der Waals surface area contributed by atoms with Gasteiger partial charge in [0.1, 0.15) is 0 Å². The minimum Gasteiger partial charge on any atom is -0.481 e. The van der Waals surface area contributed by atoms with Crippen molar-refractivity contribution >= 4 is 23.4 Å². The highest BCUT2D eigenvalue weighted by Gasteiger charge is 2.35. The van der Waals surface area contributed by atoms with Gasteiger partial charge in [-0.1, -0.05) is 11.6 Å². The maximum absolute atomic E-state index is 14.3. The van der Waals surface area contributed by atoms with E-state index in [1.54, 1.807) is 0 Å². The molecule has 2 aliphatic heterocycles. The summed E-state index contributed by atoms with van der Waals surface area (Å²) in [5.41, 5.74) is 0. The predicted octanol–water partition coefficient (Wildman–Crippen LogP) is 2.18. The molecule has 0 aliphatic carbocycles. The van der Waals surface area contributed by atoms with Crippen molar-refractivity contribution in [2.24, 2.45) is 5.92 Å². The number of carbonyl (C=O) groups is 1. The number of hydrogen-bond acceptors (Lipinski definition) is 5. The minimum atomic E-state index is -0.782. The molecule has 2 aliphatic rings. The fourth-order valence-electron chi connectivity index (χ4n) is 4.08. The summed E-state index contributed by atoms with van der Waals surface area (Å²) in [4.78, 5) is 22.0. The Balaban J connectivity index is 1.73. The van der Waals surface area contributed by atoms with Gasteiger partial charge >= 0.3 is 5.97 Å². The number of carboxylic acid groups (broad SMARTS) is 1. The van der Waals surface area contributed by atoms with Crippen LogP contribution in [0.2, 0.25) is 5.02 Å². The van der Waals surface area contributed by atoms with Gasteiger partial charge in [0.2, 0.25) is 0 Å². The maximum Gasteiger partial charge on any atom is 0.303 e. The first-order valence-corrected chi connectivity index (χ1v) is 9.52. The van der Waals surface area contributed by atoms with E-state index in [4.69, 9.17) is 16.7 Å². The zero-order chi connectivity index (χ0) is 18.7. The number of rotatable bonds is 5. The number of pyridine rings is 1. The Labute approximate surface area is 158 Å². The van der Waals surface area contributed by atoms with Crippen LogP contribution >= 0.6 is 11.6 Å². The van der Waals surface area contributed by atoms with Gasteiger partial charge in [0.15, 0.2) is 11.6 Å². The summed E-state index contributed by atoms with van der Waals surface area (Å²) in [6, 6.07) is 1.62. The van der Waals surface area contributed by atoms with Crippen molar-refractivity contribution < 1.29 is 14.3 Å². The molecule has 144 valence electrons. The lowest BCUT2D eigenvalue weighted by molar-refractivity contribution is -0.137. The molecule has 2 fully saturated rings. The third-order valence-corrected chi connectivity index (χ3v) is 5.72. The van der Waals surface area contributed by atoms with Crippen LogP contribution in [0.3, 0.4) is 0 Å². The summed E-state index contributed by atoms with van der Waals surface area (Å²) >= 11 is 5.81. The van der Waals surface area contributed by atoms with E-state index in [1.807, 2.05) is 4.90 Å². The summed E-state index contributed by atoms with van der Waals surface area (Å²) in [6.45, 7) is 5.39. The van der Waals surface area contributed by atoms with Crippen molar-refractivity contribution in [3.8, 4) is 0 Å². The summed E-state index contributed by atoms with van der Waals surface area (Å²) in [5, 5.41) is 9.39. The maximum atomic E-state index is 14.3. The first-order valence-electron chi connectivity index (χ1n) is 9.14. The van der Waals surface area contributed by atoms with Crippen LogP contribution in [-0.2, 0) is 4.79 Å². The summed E-state index contributed by atoms with van der Waals surface area (Å²) < 4.78 is 14.3. The standard InChI is InChI=1S/C18H26ClFN4O2/c1-22-6-8-23(9-7-22)16-4-5-24(12-13(16)2-3-17(25)26)18-15(20)10-14(19)11-21-18/h10-11,13,16H,2-9,12H2,1H3,(H,25,26)/t13-,16+/m1/s1. The van der Waals surface area contributed by atoms with Gasteiger partial charge in [-0.25, -0.2) is 9.37 Å². The second-order valence-corrected chi connectivity index (χ2v) is 7.73. The molecule has 3 rings (SSSR count). The van der Waals surface area contributed by atoms with Crippen LogP contribution in [0.15, 0.2) is 12.3 Å². The van der Waals surface area contributed by atoms with Gasteiger partial charge in [-0.3, -0.25) is 9.69 Å². The average molecular weight is 385 g/mol. The normalized spacial score (nSPS) is 25.4. The van der Waals surface area contributed by atoms with Gasteiger partial charge in [-0.2, -0.15) is 0 Å². The molecule has 8 heteroatoms. The number of piperidine rings is 1. The third kappa shape index (κ3) is 4.64. The van der Waals surface area contributed by atoms with Gasteiger partial charge in [0, 0.05) is 57.9 Å². The Hall–Kier alpha value is -1.44. The highest BCUT2D eigenvalue weighted by molar-refractivity contribution is 6.30. The van der Waals surface area contributed by atoms with Crippen LogP contribution in [0, 0.1) is 11.7 Å². The number of nitrogens with zero attached hydrogens (tertiary/aromatic N) is 4. The van der Waals surface area contributed by atoms with E-state index in [0.29, 0.717) is 31.4 Å². The van der Waals surface area contributed by atoms with Crippen LogP contribution in [0.4, 0.5) is 10.2 Å². The van der Waals surface area contributed by atoms with Crippen molar-refractivity contribution in [2.45, 2.75) is 25.3 Å². The van der Waals surface area contributed by atoms with Crippen LogP contribution in [0.25, 0.3) is 0 Å². The van der Waals surface area contributed by atoms with Crippen LogP contribution in [0.5, 0.6) is 0 Å². The van der Waals surface area contributed by atoms with E-state index in [1.165, 1.54) is 12.3 Å². The fourth-order valence-corrected chi connectivity index (χ4v) is 4.22. The molecule has 3 heterocycles. The van der Waals surface area contributed by atoms with Crippen molar-refractivity contribution in [2.75, 3.05) is 51.2 Å². The van der Waals surface area contributed by atoms with E-state index in [2.05, 4.69) is 21.8 Å². The lowest BCUT2D eigenvalue weighted by atomic mass is 9.86. The molecule has 26 heavy (non-hydrogen) atoms. The first kappa shape index (κ1) is 19.3.